The highest BCUT2D eigenvalue weighted by molar-refractivity contribution is 7.89. The SMILES string of the molecule is O=C(Nc1ncn(Cc2ccccc2)n1)c1cccc(S(=O)(=O)NC2CCCC2)c1. The maximum Gasteiger partial charge on any atom is 0.258 e. The maximum atomic E-state index is 12.6. The van der Waals surface area contributed by atoms with Gasteiger partial charge in [-0.1, -0.05) is 49.2 Å². The van der Waals surface area contributed by atoms with Gasteiger partial charge in [0.15, 0.2) is 0 Å². The summed E-state index contributed by atoms with van der Waals surface area (Å²) in [6.07, 6.45) is 5.28. The van der Waals surface area contributed by atoms with Gasteiger partial charge in [0.2, 0.25) is 16.0 Å². The summed E-state index contributed by atoms with van der Waals surface area (Å²) >= 11 is 0. The first-order valence-electron chi connectivity index (χ1n) is 9.87. The van der Waals surface area contributed by atoms with Crippen LogP contribution in [0.15, 0.2) is 65.8 Å². The molecule has 0 radical (unpaired) electrons. The molecule has 4 rings (SSSR count). The average Bonchev–Trinajstić information content (AvgIpc) is 3.41. The zero-order valence-corrected chi connectivity index (χ0v) is 17.2. The normalized spacial score (nSPS) is 14.7. The van der Waals surface area contributed by atoms with Crippen LogP contribution in [0.4, 0.5) is 5.95 Å². The van der Waals surface area contributed by atoms with Gasteiger partial charge in [-0.05, 0) is 36.6 Å². The summed E-state index contributed by atoms with van der Waals surface area (Å²) in [7, 11) is -3.67. The first-order chi connectivity index (χ1) is 14.5. The second-order valence-corrected chi connectivity index (χ2v) is 9.05. The Kier molecular flexibility index (Phi) is 5.91. The van der Waals surface area contributed by atoms with E-state index >= 15 is 0 Å². The molecule has 1 fully saturated rings. The van der Waals surface area contributed by atoms with E-state index < -0.39 is 15.9 Å². The summed E-state index contributed by atoms with van der Waals surface area (Å²) in [5.74, 6) is -0.307. The minimum Gasteiger partial charge on any atom is -0.289 e. The zero-order chi connectivity index (χ0) is 21.0. The molecule has 0 atom stereocenters. The molecule has 3 aromatic rings. The molecule has 1 aliphatic carbocycles. The lowest BCUT2D eigenvalue weighted by atomic mass is 10.2. The van der Waals surface area contributed by atoms with Crippen LogP contribution in [0.25, 0.3) is 0 Å². The van der Waals surface area contributed by atoms with Gasteiger partial charge in [-0.15, -0.1) is 5.10 Å². The summed E-state index contributed by atoms with van der Waals surface area (Å²) in [6, 6.07) is 15.7. The van der Waals surface area contributed by atoms with Crippen molar-refractivity contribution in [1.29, 1.82) is 0 Å². The summed E-state index contributed by atoms with van der Waals surface area (Å²) in [5, 5.41) is 6.87. The number of sulfonamides is 1. The van der Waals surface area contributed by atoms with E-state index in [0.717, 1.165) is 31.2 Å². The van der Waals surface area contributed by atoms with E-state index in [2.05, 4.69) is 20.1 Å². The fourth-order valence-corrected chi connectivity index (χ4v) is 4.86. The number of carbonyl (C=O) groups is 1. The highest BCUT2D eigenvalue weighted by atomic mass is 32.2. The van der Waals surface area contributed by atoms with Crippen molar-refractivity contribution in [2.24, 2.45) is 0 Å². The molecule has 0 aliphatic heterocycles. The van der Waals surface area contributed by atoms with E-state index in [9.17, 15) is 13.2 Å². The third-order valence-corrected chi connectivity index (χ3v) is 6.55. The molecule has 0 bridgehead atoms. The number of amides is 1. The third-order valence-electron chi connectivity index (χ3n) is 5.03. The third kappa shape index (κ3) is 4.92. The predicted molar refractivity (Wildman–Crippen MR) is 113 cm³/mol. The van der Waals surface area contributed by atoms with Crippen molar-refractivity contribution in [3.05, 3.63) is 72.1 Å². The average molecular weight is 426 g/mol. The van der Waals surface area contributed by atoms with E-state index in [4.69, 9.17) is 0 Å². The van der Waals surface area contributed by atoms with E-state index in [1.165, 1.54) is 18.5 Å². The van der Waals surface area contributed by atoms with Crippen LogP contribution < -0.4 is 10.0 Å². The van der Waals surface area contributed by atoms with Gasteiger partial charge < -0.3 is 0 Å². The minimum atomic E-state index is -3.67. The number of hydrogen-bond donors (Lipinski definition) is 2. The number of benzene rings is 2. The first-order valence-corrected chi connectivity index (χ1v) is 11.3. The van der Waals surface area contributed by atoms with Crippen molar-refractivity contribution in [3.63, 3.8) is 0 Å². The van der Waals surface area contributed by atoms with Gasteiger partial charge >= 0.3 is 0 Å². The van der Waals surface area contributed by atoms with E-state index in [1.54, 1.807) is 16.8 Å². The Hall–Kier alpha value is -3.04. The molecule has 1 aliphatic rings. The molecular formula is C21H23N5O3S. The summed E-state index contributed by atoms with van der Waals surface area (Å²) < 4.78 is 29.6. The van der Waals surface area contributed by atoms with Crippen molar-refractivity contribution >= 4 is 21.9 Å². The molecule has 2 N–H and O–H groups in total. The van der Waals surface area contributed by atoms with Gasteiger partial charge in [0.25, 0.3) is 5.91 Å². The fourth-order valence-electron chi connectivity index (χ4n) is 3.51. The lowest BCUT2D eigenvalue weighted by Crippen LogP contribution is -2.32. The zero-order valence-electron chi connectivity index (χ0n) is 16.4. The van der Waals surface area contributed by atoms with Gasteiger partial charge in [-0.3, -0.25) is 10.1 Å². The predicted octanol–water partition coefficient (Wildman–Crippen LogP) is 2.80. The van der Waals surface area contributed by atoms with Crippen LogP contribution in [0.1, 0.15) is 41.6 Å². The van der Waals surface area contributed by atoms with Crippen LogP contribution in [0.5, 0.6) is 0 Å². The number of hydrogen-bond acceptors (Lipinski definition) is 5. The van der Waals surface area contributed by atoms with Crippen LogP contribution in [0, 0.1) is 0 Å². The Morgan fingerprint density at radius 1 is 1.07 bits per heavy atom. The second kappa shape index (κ2) is 8.76. The van der Waals surface area contributed by atoms with Crippen LogP contribution in [0.3, 0.4) is 0 Å². The highest BCUT2D eigenvalue weighted by Crippen LogP contribution is 2.21. The van der Waals surface area contributed by atoms with Crippen molar-refractivity contribution in [2.45, 2.75) is 43.2 Å². The van der Waals surface area contributed by atoms with Gasteiger partial charge in [-0.2, -0.15) is 0 Å². The summed E-state index contributed by atoms with van der Waals surface area (Å²) in [5.41, 5.74) is 1.29. The second-order valence-electron chi connectivity index (χ2n) is 7.34. The van der Waals surface area contributed by atoms with Gasteiger partial charge in [0.1, 0.15) is 6.33 Å². The largest absolute Gasteiger partial charge is 0.289 e. The van der Waals surface area contributed by atoms with Crippen molar-refractivity contribution in [2.75, 3.05) is 5.32 Å². The smallest absolute Gasteiger partial charge is 0.258 e. The van der Waals surface area contributed by atoms with E-state index in [1.807, 2.05) is 30.3 Å². The van der Waals surface area contributed by atoms with Gasteiger partial charge in [0.05, 0.1) is 11.4 Å². The molecule has 0 spiro atoms. The number of aromatic nitrogens is 3. The molecular weight excluding hydrogens is 402 g/mol. The quantitative estimate of drug-likeness (QED) is 0.605. The van der Waals surface area contributed by atoms with Crippen LogP contribution in [0.2, 0.25) is 0 Å². The number of nitrogens with one attached hydrogen (secondary N) is 2. The molecule has 30 heavy (non-hydrogen) atoms. The minimum absolute atomic E-state index is 0.0368. The fraction of sp³-hybridized carbons (Fsp3) is 0.286. The molecule has 156 valence electrons. The Morgan fingerprint density at radius 3 is 2.60 bits per heavy atom. The van der Waals surface area contributed by atoms with Gasteiger partial charge in [-0.25, -0.2) is 22.8 Å². The van der Waals surface area contributed by atoms with Crippen LogP contribution in [-0.4, -0.2) is 35.1 Å². The van der Waals surface area contributed by atoms with Gasteiger partial charge in [0, 0.05) is 11.6 Å². The number of anilines is 1. The molecule has 2 aromatic carbocycles. The lowest BCUT2D eigenvalue weighted by Gasteiger charge is -2.13. The summed E-state index contributed by atoms with van der Waals surface area (Å²) in [6.45, 7) is 0.532. The molecule has 8 nitrogen and oxygen atoms in total. The lowest BCUT2D eigenvalue weighted by molar-refractivity contribution is 0.102. The summed E-state index contributed by atoms with van der Waals surface area (Å²) in [4.78, 5) is 16.8. The number of rotatable bonds is 7. The Morgan fingerprint density at radius 2 is 1.83 bits per heavy atom. The standard InChI is InChI=1S/C21H23N5O3S/c27-20(23-21-22-15-26(24-21)14-16-7-2-1-3-8-16)17-9-6-12-19(13-17)30(28,29)25-18-10-4-5-11-18/h1-3,6-9,12-13,15,18,25H,4-5,10-11,14H2,(H,23,24,27). The van der Waals surface area contributed by atoms with Crippen molar-refractivity contribution in [1.82, 2.24) is 19.5 Å². The molecule has 1 saturated carbocycles. The molecule has 1 amide bonds. The number of nitrogens with zero attached hydrogens (tertiary/aromatic N) is 3. The Bertz CT molecular complexity index is 1120. The van der Waals surface area contributed by atoms with Crippen LogP contribution >= 0.6 is 0 Å². The van der Waals surface area contributed by atoms with Crippen LogP contribution in [-0.2, 0) is 16.6 Å². The maximum absolute atomic E-state index is 12.6. The number of carbonyl (C=O) groups excluding carboxylic acids is 1. The highest BCUT2D eigenvalue weighted by Gasteiger charge is 2.23. The molecule has 1 aromatic heterocycles. The Labute approximate surface area is 175 Å². The van der Waals surface area contributed by atoms with Crippen molar-refractivity contribution in [3.8, 4) is 0 Å². The molecule has 0 saturated heterocycles. The first kappa shape index (κ1) is 20.2. The molecule has 0 unspecified atom stereocenters. The Balaban J connectivity index is 1.43. The van der Waals surface area contributed by atoms with Crippen molar-refractivity contribution < 1.29 is 13.2 Å². The molecule has 9 heteroatoms. The van der Waals surface area contributed by atoms with E-state index in [-0.39, 0.29) is 22.4 Å². The molecule has 1 heterocycles. The van der Waals surface area contributed by atoms with E-state index in [0.29, 0.717) is 6.54 Å². The monoisotopic (exact) mass is 425 g/mol. The topological polar surface area (TPSA) is 106 Å².